The predicted molar refractivity (Wildman–Crippen MR) is 90.2 cm³/mol. The molecule has 0 aliphatic carbocycles. The van der Waals surface area contributed by atoms with E-state index in [4.69, 9.17) is 15.9 Å². The van der Waals surface area contributed by atoms with Gasteiger partial charge in [-0.25, -0.2) is 4.39 Å². The number of amidine groups is 1. The lowest BCUT2D eigenvalue weighted by atomic mass is 10.0. The Morgan fingerprint density at radius 3 is 2.54 bits per heavy atom. The molecule has 0 aromatic heterocycles. The second kappa shape index (κ2) is 7.70. The van der Waals surface area contributed by atoms with E-state index in [1.807, 2.05) is 6.92 Å². The van der Waals surface area contributed by atoms with Crippen molar-refractivity contribution in [2.24, 2.45) is 5.73 Å². The number of hydrogen-bond donors (Lipinski definition) is 3. The number of carbonyl (C=O) groups excluding carboxylic acids is 1. The molecule has 0 bridgehead atoms. The van der Waals surface area contributed by atoms with Crippen LogP contribution < -0.4 is 11.1 Å². The van der Waals surface area contributed by atoms with Crippen LogP contribution in [-0.4, -0.2) is 18.9 Å². The minimum atomic E-state index is -1.01. The Bertz CT molecular complexity index is 744. The largest absolute Gasteiger partial charge is 0.384 e. The maximum atomic E-state index is 14.0. The third kappa shape index (κ3) is 4.17. The molecular weight excluding hydrogens is 309 g/mol. The summed E-state index contributed by atoms with van der Waals surface area (Å²) in [6, 6.07) is 11.5. The van der Waals surface area contributed by atoms with Crippen LogP contribution in [0, 0.1) is 18.2 Å². The number of benzene rings is 2. The molecule has 1 amide bonds. The number of nitrogens with two attached hydrogens (primary N) is 1. The molecule has 1 unspecified atom stereocenters. The molecule has 5 nitrogen and oxygen atoms in total. The van der Waals surface area contributed by atoms with Gasteiger partial charge in [-0.05, 0) is 18.6 Å². The van der Waals surface area contributed by atoms with Crippen LogP contribution in [0.2, 0.25) is 0 Å². The van der Waals surface area contributed by atoms with Gasteiger partial charge in [0.25, 0.3) is 5.91 Å². The molecule has 0 radical (unpaired) electrons. The molecule has 0 saturated carbocycles. The molecule has 0 aliphatic rings. The van der Waals surface area contributed by atoms with Gasteiger partial charge in [0.05, 0.1) is 0 Å². The van der Waals surface area contributed by atoms with Crippen LogP contribution >= 0.6 is 0 Å². The maximum Gasteiger partial charge on any atom is 0.254 e. The number of nitrogens with one attached hydrogen (secondary N) is 2. The van der Waals surface area contributed by atoms with Crippen LogP contribution in [0.5, 0.6) is 0 Å². The minimum Gasteiger partial charge on any atom is -0.384 e. The highest BCUT2D eigenvalue weighted by Crippen LogP contribution is 2.22. The molecule has 126 valence electrons. The summed E-state index contributed by atoms with van der Waals surface area (Å²) in [7, 11) is 1.37. The van der Waals surface area contributed by atoms with Crippen molar-refractivity contribution in [3.8, 4) is 0 Å². The van der Waals surface area contributed by atoms with Crippen molar-refractivity contribution >= 4 is 11.7 Å². The number of methoxy groups -OCH3 is 1. The lowest BCUT2D eigenvalue weighted by Gasteiger charge is -2.17. The van der Waals surface area contributed by atoms with Gasteiger partial charge in [-0.3, -0.25) is 10.2 Å². The van der Waals surface area contributed by atoms with Crippen LogP contribution in [0.1, 0.15) is 28.4 Å². The Kier molecular flexibility index (Phi) is 5.65. The summed E-state index contributed by atoms with van der Waals surface area (Å²) in [6.45, 7) is 2.09. The number of rotatable bonds is 6. The van der Waals surface area contributed by atoms with Crippen molar-refractivity contribution in [1.82, 2.24) is 5.32 Å². The fourth-order valence-corrected chi connectivity index (χ4v) is 2.32. The van der Waals surface area contributed by atoms with Gasteiger partial charge in [-0.15, -0.1) is 0 Å². The topological polar surface area (TPSA) is 88.2 Å². The van der Waals surface area contributed by atoms with Gasteiger partial charge < -0.3 is 15.8 Å². The minimum absolute atomic E-state index is 0.0139. The number of nitrogen functional groups attached to an aromatic ring is 1. The molecule has 24 heavy (non-hydrogen) atoms. The molecular formula is C18H20FN3O2. The quantitative estimate of drug-likeness (QED) is 0.562. The van der Waals surface area contributed by atoms with Crippen LogP contribution in [-0.2, 0) is 16.1 Å². The van der Waals surface area contributed by atoms with E-state index in [9.17, 15) is 9.18 Å². The summed E-state index contributed by atoms with van der Waals surface area (Å²) in [6.07, 6.45) is -1.01. The number of amides is 1. The van der Waals surface area contributed by atoms with Crippen molar-refractivity contribution in [2.75, 3.05) is 7.11 Å². The van der Waals surface area contributed by atoms with Crippen LogP contribution in [0.4, 0.5) is 4.39 Å². The first-order chi connectivity index (χ1) is 11.4. The predicted octanol–water partition coefficient (Wildman–Crippen LogP) is 2.42. The lowest BCUT2D eigenvalue weighted by Crippen LogP contribution is -2.30. The van der Waals surface area contributed by atoms with Gasteiger partial charge in [0, 0.05) is 24.8 Å². The monoisotopic (exact) mass is 329 g/mol. The van der Waals surface area contributed by atoms with Crippen molar-refractivity contribution in [1.29, 1.82) is 5.41 Å². The molecule has 0 fully saturated rings. The van der Waals surface area contributed by atoms with E-state index >= 15 is 0 Å². The van der Waals surface area contributed by atoms with E-state index in [0.29, 0.717) is 5.56 Å². The molecule has 0 aliphatic heterocycles. The number of aryl methyl sites for hydroxylation is 1. The zero-order valence-corrected chi connectivity index (χ0v) is 13.6. The molecule has 4 N–H and O–H groups in total. The number of hydrogen-bond acceptors (Lipinski definition) is 3. The fraction of sp³-hybridized carbons (Fsp3) is 0.222. The zero-order valence-electron chi connectivity index (χ0n) is 13.6. The molecule has 1 atom stereocenters. The Morgan fingerprint density at radius 2 is 1.96 bits per heavy atom. The molecule has 0 heterocycles. The second-order valence-corrected chi connectivity index (χ2v) is 5.47. The van der Waals surface area contributed by atoms with E-state index < -0.39 is 17.8 Å². The van der Waals surface area contributed by atoms with E-state index in [2.05, 4.69) is 5.32 Å². The third-order valence-corrected chi connectivity index (χ3v) is 3.64. The van der Waals surface area contributed by atoms with Gasteiger partial charge in [0.1, 0.15) is 11.7 Å². The lowest BCUT2D eigenvalue weighted by molar-refractivity contribution is -0.131. The number of ether oxygens (including phenoxy) is 1. The van der Waals surface area contributed by atoms with Crippen molar-refractivity contribution in [3.05, 3.63) is 70.5 Å². The average molecular weight is 329 g/mol. The standard InChI is InChI=1S/C18H20FN3O2/c1-11-3-8-15(19)14(9-11)16(24-2)18(23)22-10-12-4-6-13(7-5-12)17(20)21/h3-9,16H,10H2,1-2H3,(H3,20,21)(H,22,23). The molecule has 2 aromatic rings. The van der Waals surface area contributed by atoms with Gasteiger partial charge in [-0.1, -0.05) is 42.0 Å². The number of halogens is 1. The Hall–Kier alpha value is -2.73. The summed E-state index contributed by atoms with van der Waals surface area (Å²) >= 11 is 0. The Balaban J connectivity index is 2.07. The van der Waals surface area contributed by atoms with E-state index in [1.165, 1.54) is 13.2 Å². The Morgan fingerprint density at radius 1 is 1.29 bits per heavy atom. The summed E-state index contributed by atoms with van der Waals surface area (Å²) in [5, 5.41) is 10.1. The normalized spacial score (nSPS) is 11.8. The molecule has 0 spiro atoms. The van der Waals surface area contributed by atoms with Crippen molar-refractivity contribution < 1.29 is 13.9 Å². The van der Waals surface area contributed by atoms with Gasteiger partial charge >= 0.3 is 0 Å². The molecule has 0 saturated heterocycles. The Labute approximate surface area is 140 Å². The fourth-order valence-electron chi connectivity index (χ4n) is 2.32. The summed E-state index contributed by atoms with van der Waals surface area (Å²) in [5.41, 5.74) is 7.91. The van der Waals surface area contributed by atoms with Crippen LogP contribution in [0.15, 0.2) is 42.5 Å². The third-order valence-electron chi connectivity index (χ3n) is 3.64. The summed E-state index contributed by atoms with van der Waals surface area (Å²) < 4.78 is 19.1. The highest BCUT2D eigenvalue weighted by molar-refractivity contribution is 5.94. The van der Waals surface area contributed by atoms with E-state index in [1.54, 1.807) is 36.4 Å². The molecule has 2 rings (SSSR count). The van der Waals surface area contributed by atoms with Crippen LogP contribution in [0.25, 0.3) is 0 Å². The van der Waals surface area contributed by atoms with E-state index in [0.717, 1.165) is 11.1 Å². The molecule has 6 heteroatoms. The highest BCUT2D eigenvalue weighted by Gasteiger charge is 2.23. The van der Waals surface area contributed by atoms with E-state index in [-0.39, 0.29) is 17.9 Å². The van der Waals surface area contributed by atoms with Crippen molar-refractivity contribution in [2.45, 2.75) is 19.6 Å². The SMILES string of the molecule is COC(C(=O)NCc1ccc(C(=N)N)cc1)c1cc(C)ccc1F. The molecule has 2 aromatic carbocycles. The highest BCUT2D eigenvalue weighted by atomic mass is 19.1. The summed E-state index contributed by atoms with van der Waals surface area (Å²) in [5.74, 6) is -0.911. The smallest absolute Gasteiger partial charge is 0.254 e. The van der Waals surface area contributed by atoms with Gasteiger partial charge in [-0.2, -0.15) is 0 Å². The van der Waals surface area contributed by atoms with Gasteiger partial charge in [0.2, 0.25) is 0 Å². The number of carbonyl (C=O) groups is 1. The van der Waals surface area contributed by atoms with Crippen LogP contribution in [0.3, 0.4) is 0 Å². The van der Waals surface area contributed by atoms with Gasteiger partial charge in [0.15, 0.2) is 6.10 Å². The first-order valence-electron chi connectivity index (χ1n) is 7.42. The average Bonchev–Trinajstić information content (AvgIpc) is 2.57. The summed E-state index contributed by atoms with van der Waals surface area (Å²) in [4.78, 5) is 12.3. The van der Waals surface area contributed by atoms with Crippen molar-refractivity contribution in [3.63, 3.8) is 0 Å². The first-order valence-corrected chi connectivity index (χ1v) is 7.42. The second-order valence-electron chi connectivity index (χ2n) is 5.47. The zero-order chi connectivity index (χ0) is 17.7. The maximum absolute atomic E-state index is 14.0. The first kappa shape index (κ1) is 17.6.